The minimum Gasteiger partial charge on any atom is -0.416 e. The van der Waals surface area contributed by atoms with Crippen molar-refractivity contribution in [3.05, 3.63) is 23.8 Å². The summed E-state index contributed by atoms with van der Waals surface area (Å²) < 4.78 is 18.5. The van der Waals surface area contributed by atoms with E-state index in [4.69, 9.17) is 13.9 Å². The smallest absolute Gasteiger partial charge is 0.192 e. The van der Waals surface area contributed by atoms with E-state index in [1.807, 2.05) is 0 Å². The van der Waals surface area contributed by atoms with E-state index < -0.39 is 8.32 Å². The van der Waals surface area contributed by atoms with E-state index in [0.29, 0.717) is 18.6 Å². The summed E-state index contributed by atoms with van der Waals surface area (Å²) >= 11 is 0. The standard InChI is InChI=1S/C24H46O3Si/c1-18(2)14-15-24(16-27-28(10,11)23(6,7)8)21(19(3)4)13-12-20(5)22(24)26-17-25-9/h14,20-22H,3,12-13,15-17H2,1-2,4-11H3/t20-,21-,22+,24-/m1/s1. The molecule has 0 aromatic rings. The van der Waals surface area contributed by atoms with Gasteiger partial charge < -0.3 is 13.9 Å². The third kappa shape index (κ3) is 6.04. The number of allylic oxidation sites excluding steroid dienone is 3. The lowest BCUT2D eigenvalue weighted by atomic mass is 9.58. The second-order valence-electron chi connectivity index (χ2n) is 10.7. The fourth-order valence-corrected chi connectivity index (χ4v) is 5.33. The molecule has 1 aliphatic rings. The monoisotopic (exact) mass is 410 g/mol. The van der Waals surface area contributed by atoms with Crippen LogP contribution < -0.4 is 0 Å². The second kappa shape index (κ2) is 10.1. The minimum absolute atomic E-state index is 0.100. The van der Waals surface area contributed by atoms with Gasteiger partial charge in [-0.2, -0.15) is 0 Å². The van der Waals surface area contributed by atoms with Gasteiger partial charge in [-0.05, 0) is 70.0 Å². The van der Waals surface area contributed by atoms with E-state index in [1.54, 1.807) is 7.11 Å². The predicted octanol–water partition coefficient (Wildman–Crippen LogP) is 6.96. The molecule has 0 bridgehead atoms. The number of methoxy groups -OCH3 is 1. The molecule has 4 atom stereocenters. The molecule has 0 N–H and O–H groups in total. The third-order valence-electron chi connectivity index (χ3n) is 7.05. The fraction of sp³-hybridized carbons (Fsp3) is 0.833. The quantitative estimate of drug-likeness (QED) is 0.233. The zero-order chi connectivity index (χ0) is 21.8. The molecule has 0 heterocycles. The summed E-state index contributed by atoms with van der Waals surface area (Å²) in [6, 6.07) is 0. The van der Waals surface area contributed by atoms with Gasteiger partial charge in [-0.1, -0.05) is 51.5 Å². The lowest BCUT2D eigenvalue weighted by Gasteiger charge is -2.53. The molecule has 164 valence electrons. The molecule has 28 heavy (non-hydrogen) atoms. The van der Waals surface area contributed by atoms with Crippen molar-refractivity contribution in [2.45, 2.75) is 92.0 Å². The van der Waals surface area contributed by atoms with Crippen LogP contribution in [0, 0.1) is 17.3 Å². The third-order valence-corrected chi connectivity index (χ3v) is 11.5. The van der Waals surface area contributed by atoms with Crippen LogP contribution in [0.2, 0.25) is 18.1 Å². The summed E-state index contributed by atoms with van der Waals surface area (Å²) in [5, 5.41) is 0.187. The first-order chi connectivity index (χ1) is 12.8. The lowest BCUT2D eigenvalue weighted by Crippen LogP contribution is -2.55. The highest BCUT2D eigenvalue weighted by molar-refractivity contribution is 6.74. The van der Waals surface area contributed by atoms with Crippen LogP contribution in [0.5, 0.6) is 0 Å². The van der Waals surface area contributed by atoms with E-state index in [-0.39, 0.29) is 16.6 Å². The topological polar surface area (TPSA) is 27.7 Å². The average Bonchev–Trinajstić information content (AvgIpc) is 2.56. The Balaban J connectivity index is 3.40. The molecule has 0 unspecified atom stereocenters. The number of hydrogen-bond donors (Lipinski definition) is 0. The normalized spacial score (nSPS) is 28.9. The maximum absolute atomic E-state index is 6.86. The van der Waals surface area contributed by atoms with Gasteiger partial charge in [0.15, 0.2) is 8.32 Å². The highest BCUT2D eigenvalue weighted by Gasteiger charge is 2.52. The van der Waals surface area contributed by atoms with E-state index >= 15 is 0 Å². The molecular weight excluding hydrogens is 364 g/mol. The Morgan fingerprint density at radius 3 is 2.25 bits per heavy atom. The average molecular weight is 411 g/mol. The Kier molecular flexibility index (Phi) is 9.20. The van der Waals surface area contributed by atoms with Gasteiger partial charge in [0.05, 0.1) is 6.10 Å². The zero-order valence-corrected chi connectivity index (χ0v) is 21.3. The van der Waals surface area contributed by atoms with Crippen molar-refractivity contribution in [2.75, 3.05) is 20.5 Å². The van der Waals surface area contributed by atoms with Crippen LogP contribution in [0.4, 0.5) is 0 Å². The summed E-state index contributed by atoms with van der Waals surface area (Å²) in [5.74, 6) is 0.866. The number of rotatable bonds is 9. The summed E-state index contributed by atoms with van der Waals surface area (Å²) in [7, 11) is -0.174. The van der Waals surface area contributed by atoms with Gasteiger partial charge in [-0.25, -0.2) is 0 Å². The van der Waals surface area contributed by atoms with E-state index in [2.05, 4.69) is 74.2 Å². The van der Waals surface area contributed by atoms with Crippen molar-refractivity contribution >= 4 is 8.32 Å². The lowest BCUT2D eigenvalue weighted by molar-refractivity contribution is -0.176. The zero-order valence-electron chi connectivity index (χ0n) is 20.3. The maximum Gasteiger partial charge on any atom is 0.192 e. The van der Waals surface area contributed by atoms with Gasteiger partial charge >= 0.3 is 0 Å². The molecule has 4 heteroatoms. The Labute approximate surface area is 176 Å². The Morgan fingerprint density at radius 1 is 1.18 bits per heavy atom. The Bertz CT molecular complexity index is 543. The van der Waals surface area contributed by atoms with Crippen LogP contribution >= 0.6 is 0 Å². The van der Waals surface area contributed by atoms with Crippen molar-refractivity contribution < 1.29 is 13.9 Å². The van der Waals surface area contributed by atoms with Gasteiger partial charge in [-0.15, -0.1) is 0 Å². The van der Waals surface area contributed by atoms with E-state index in [1.165, 1.54) is 11.1 Å². The Morgan fingerprint density at radius 2 is 1.79 bits per heavy atom. The highest BCUT2D eigenvalue weighted by Crippen LogP contribution is 2.52. The molecule has 3 nitrogen and oxygen atoms in total. The minimum atomic E-state index is -1.88. The van der Waals surface area contributed by atoms with Crippen molar-refractivity contribution in [3.63, 3.8) is 0 Å². The molecule has 1 aliphatic carbocycles. The first-order valence-electron chi connectivity index (χ1n) is 10.8. The second-order valence-corrected chi connectivity index (χ2v) is 15.5. The number of ether oxygens (including phenoxy) is 2. The SMILES string of the molecule is C=C(C)[C@H]1CC[C@@H](C)[C@H](OCOC)[C@]1(CC=C(C)C)CO[Si](C)(C)C(C)(C)C. The molecule has 0 aromatic carbocycles. The maximum atomic E-state index is 6.86. The predicted molar refractivity (Wildman–Crippen MR) is 123 cm³/mol. The fourth-order valence-electron chi connectivity index (χ4n) is 4.27. The Hall–Kier alpha value is -0.423. The summed E-state index contributed by atoms with van der Waals surface area (Å²) in [6.45, 7) is 25.9. The first kappa shape index (κ1) is 25.6. The molecule has 0 amide bonds. The van der Waals surface area contributed by atoms with Crippen LogP contribution in [0.25, 0.3) is 0 Å². The molecule has 1 saturated carbocycles. The summed E-state index contributed by atoms with van der Waals surface area (Å²) in [5.41, 5.74) is 2.49. The van der Waals surface area contributed by atoms with Crippen LogP contribution in [0.3, 0.4) is 0 Å². The van der Waals surface area contributed by atoms with Crippen LogP contribution in [-0.4, -0.2) is 34.9 Å². The molecule has 0 aliphatic heterocycles. The van der Waals surface area contributed by atoms with Gasteiger partial charge in [0.2, 0.25) is 0 Å². The van der Waals surface area contributed by atoms with Gasteiger partial charge in [-0.3, -0.25) is 0 Å². The number of hydrogen-bond acceptors (Lipinski definition) is 3. The summed E-state index contributed by atoms with van der Waals surface area (Å²) in [4.78, 5) is 0. The van der Waals surface area contributed by atoms with Gasteiger partial charge in [0, 0.05) is 19.1 Å². The molecular formula is C24H46O3Si. The largest absolute Gasteiger partial charge is 0.416 e. The highest BCUT2D eigenvalue weighted by atomic mass is 28.4. The van der Waals surface area contributed by atoms with Crippen molar-refractivity contribution in [1.29, 1.82) is 0 Å². The molecule has 0 spiro atoms. The molecule has 0 radical (unpaired) electrons. The van der Waals surface area contributed by atoms with Crippen molar-refractivity contribution in [3.8, 4) is 0 Å². The van der Waals surface area contributed by atoms with Gasteiger partial charge in [0.1, 0.15) is 6.79 Å². The first-order valence-corrected chi connectivity index (χ1v) is 13.7. The summed E-state index contributed by atoms with van der Waals surface area (Å²) in [6.07, 6.45) is 5.73. The molecule has 1 rings (SSSR count). The van der Waals surface area contributed by atoms with Gasteiger partial charge in [0.25, 0.3) is 0 Å². The van der Waals surface area contributed by atoms with Crippen LogP contribution in [-0.2, 0) is 13.9 Å². The van der Waals surface area contributed by atoms with E-state index in [9.17, 15) is 0 Å². The van der Waals surface area contributed by atoms with Crippen molar-refractivity contribution in [1.82, 2.24) is 0 Å². The molecule has 0 aromatic heterocycles. The van der Waals surface area contributed by atoms with Crippen LogP contribution in [0.1, 0.15) is 67.7 Å². The molecule has 1 fully saturated rings. The van der Waals surface area contributed by atoms with E-state index in [0.717, 1.165) is 25.9 Å². The molecule has 0 saturated heterocycles. The van der Waals surface area contributed by atoms with Crippen molar-refractivity contribution in [2.24, 2.45) is 17.3 Å². The van der Waals surface area contributed by atoms with Crippen LogP contribution in [0.15, 0.2) is 23.8 Å².